The quantitative estimate of drug-likeness (QED) is 0.583. The fourth-order valence-electron chi connectivity index (χ4n) is 4.32. The van der Waals surface area contributed by atoms with Crippen LogP contribution in [0.5, 0.6) is 0 Å². The van der Waals surface area contributed by atoms with Crippen molar-refractivity contribution >= 4 is 34.4 Å². The van der Waals surface area contributed by atoms with Crippen molar-refractivity contribution in [3.8, 4) is 12.3 Å². The molecule has 9 heteroatoms. The summed E-state index contributed by atoms with van der Waals surface area (Å²) in [5.41, 5.74) is 6.03. The lowest BCUT2D eigenvalue weighted by molar-refractivity contribution is -0.123. The van der Waals surface area contributed by atoms with Gasteiger partial charge in [-0.2, -0.15) is 0 Å². The van der Waals surface area contributed by atoms with Gasteiger partial charge in [-0.15, -0.1) is 6.42 Å². The molecule has 1 aromatic carbocycles. The zero-order valence-corrected chi connectivity index (χ0v) is 20.2. The van der Waals surface area contributed by atoms with Gasteiger partial charge in [0.15, 0.2) is 5.17 Å². The maximum absolute atomic E-state index is 15.1. The molecule has 2 aliphatic rings. The number of fused-ring (bicyclic) bond motifs is 1. The molecule has 1 unspecified atom stereocenters. The summed E-state index contributed by atoms with van der Waals surface area (Å²) < 4.78 is 14.3. The fraction of sp³-hybridized carbons (Fsp3) is 0.360. The van der Waals surface area contributed by atoms with Crippen LogP contribution in [0.4, 0.5) is 10.1 Å². The summed E-state index contributed by atoms with van der Waals surface area (Å²) in [5, 5.41) is 5.99. The van der Waals surface area contributed by atoms with Gasteiger partial charge in [-0.05, 0) is 64.4 Å². The van der Waals surface area contributed by atoms with Gasteiger partial charge in [-0.3, -0.25) is 14.6 Å². The third-order valence-electron chi connectivity index (χ3n) is 6.02. The number of pyridine rings is 1. The molecule has 3 atom stereocenters. The Hall–Kier alpha value is -3.38. The van der Waals surface area contributed by atoms with E-state index in [-0.39, 0.29) is 28.3 Å². The third-order valence-corrected chi connectivity index (χ3v) is 7.32. The Labute approximate surface area is 202 Å². The van der Waals surface area contributed by atoms with Gasteiger partial charge in [0.1, 0.15) is 16.3 Å². The molecule has 1 aliphatic carbocycles. The van der Waals surface area contributed by atoms with Gasteiger partial charge in [0.25, 0.3) is 5.91 Å². The summed E-state index contributed by atoms with van der Waals surface area (Å²) in [5.74, 6) is 1.11. The Bertz CT molecular complexity index is 1250. The predicted octanol–water partition coefficient (Wildman–Crippen LogP) is 3.40. The van der Waals surface area contributed by atoms with Crippen molar-refractivity contribution in [2.24, 2.45) is 16.6 Å². The van der Waals surface area contributed by atoms with Gasteiger partial charge in [-0.1, -0.05) is 17.7 Å². The van der Waals surface area contributed by atoms with Gasteiger partial charge in [-0.25, -0.2) is 9.37 Å². The minimum atomic E-state index is -1.07. The molecule has 2 heterocycles. The van der Waals surface area contributed by atoms with Gasteiger partial charge in [0, 0.05) is 34.5 Å². The highest BCUT2D eigenvalue weighted by molar-refractivity contribution is 8.15. The van der Waals surface area contributed by atoms with Crippen LogP contribution >= 0.6 is 11.8 Å². The second kappa shape index (κ2) is 8.13. The molecule has 176 valence electrons. The molecule has 1 aromatic heterocycles. The number of carbonyl (C=O) groups is 2. The fourth-order valence-corrected chi connectivity index (χ4v) is 5.69. The Balaban J connectivity index is 1.63. The molecule has 2 amide bonds. The number of carbonyl (C=O) groups excluding carboxylic acids is 2. The second-order valence-electron chi connectivity index (χ2n) is 9.78. The Morgan fingerprint density at radius 1 is 1.29 bits per heavy atom. The number of terminal acetylenes is 1. The van der Waals surface area contributed by atoms with Crippen molar-refractivity contribution in [2.75, 3.05) is 5.32 Å². The summed E-state index contributed by atoms with van der Waals surface area (Å²) in [6.07, 6.45) is 7.27. The highest BCUT2D eigenvalue weighted by atomic mass is 32.2. The first-order valence-corrected chi connectivity index (χ1v) is 11.6. The number of amidine groups is 1. The highest BCUT2D eigenvalue weighted by Crippen LogP contribution is 2.66. The molecule has 7 nitrogen and oxygen atoms in total. The zero-order valence-electron chi connectivity index (χ0n) is 19.4. The average molecular weight is 480 g/mol. The maximum atomic E-state index is 15.1. The van der Waals surface area contributed by atoms with E-state index in [1.54, 1.807) is 19.1 Å². The van der Waals surface area contributed by atoms with E-state index in [0.29, 0.717) is 17.7 Å². The van der Waals surface area contributed by atoms with E-state index in [1.807, 2.05) is 20.8 Å². The number of nitrogens with one attached hydrogen (secondary N) is 2. The molecule has 1 aliphatic heterocycles. The molecule has 2 aromatic rings. The van der Waals surface area contributed by atoms with E-state index in [2.05, 4.69) is 26.5 Å². The number of rotatable bonds is 4. The lowest BCUT2D eigenvalue weighted by atomic mass is 9.85. The van der Waals surface area contributed by atoms with Crippen molar-refractivity contribution in [1.82, 2.24) is 10.3 Å². The van der Waals surface area contributed by atoms with Gasteiger partial charge in [0.05, 0.1) is 5.54 Å². The SMILES string of the molecule is C#Cc1ccc(C(=O)Nc2ccc(F)c([C@@]3(C)N=C(N)S[C@@]4(C(=O)NC(C)(C)C)CC43)c2)nc1. The first kappa shape index (κ1) is 23.8. The van der Waals surface area contributed by atoms with E-state index < -0.39 is 27.5 Å². The topological polar surface area (TPSA) is 109 Å². The first-order valence-electron chi connectivity index (χ1n) is 10.8. The average Bonchev–Trinajstić information content (AvgIpc) is 3.51. The number of hydrogen-bond donors (Lipinski definition) is 3. The number of thioether (sulfide) groups is 1. The first-order chi connectivity index (χ1) is 15.9. The minimum Gasteiger partial charge on any atom is -0.378 e. The monoisotopic (exact) mass is 479 g/mol. The second-order valence-corrected chi connectivity index (χ2v) is 11.1. The summed E-state index contributed by atoms with van der Waals surface area (Å²) in [7, 11) is 0. The molecule has 1 fully saturated rings. The van der Waals surface area contributed by atoms with Crippen molar-refractivity contribution in [3.05, 3.63) is 59.2 Å². The number of anilines is 1. The van der Waals surface area contributed by atoms with Crippen LogP contribution in [0, 0.1) is 24.1 Å². The van der Waals surface area contributed by atoms with E-state index in [4.69, 9.17) is 12.2 Å². The smallest absolute Gasteiger partial charge is 0.274 e. The molecule has 34 heavy (non-hydrogen) atoms. The van der Waals surface area contributed by atoms with Gasteiger partial charge >= 0.3 is 0 Å². The molecule has 4 rings (SSSR count). The van der Waals surface area contributed by atoms with Crippen molar-refractivity contribution in [3.63, 3.8) is 0 Å². The molecular weight excluding hydrogens is 453 g/mol. The van der Waals surface area contributed by atoms with Crippen LogP contribution in [0.1, 0.15) is 55.7 Å². The molecule has 0 saturated heterocycles. The zero-order chi connectivity index (χ0) is 24.9. The van der Waals surface area contributed by atoms with Gasteiger partial charge < -0.3 is 16.4 Å². The Kier molecular flexibility index (Phi) is 5.68. The van der Waals surface area contributed by atoms with E-state index in [1.165, 1.54) is 36.2 Å². The summed E-state index contributed by atoms with van der Waals surface area (Å²) >= 11 is 1.23. The minimum absolute atomic E-state index is 0.134. The van der Waals surface area contributed by atoms with Crippen LogP contribution in [-0.4, -0.2) is 32.3 Å². The lowest BCUT2D eigenvalue weighted by Crippen LogP contribution is -2.50. The number of benzene rings is 1. The molecular formula is C25H26FN5O2S. The van der Waals surface area contributed by atoms with E-state index in [9.17, 15) is 9.59 Å². The van der Waals surface area contributed by atoms with Crippen molar-refractivity contribution in [1.29, 1.82) is 0 Å². The number of nitrogens with two attached hydrogens (primary N) is 1. The lowest BCUT2D eigenvalue weighted by Gasteiger charge is -2.35. The number of aliphatic imine (C=N–C) groups is 1. The summed E-state index contributed by atoms with van der Waals surface area (Å²) in [4.78, 5) is 34.4. The van der Waals surface area contributed by atoms with Crippen molar-refractivity contribution in [2.45, 2.75) is 49.9 Å². The van der Waals surface area contributed by atoms with E-state index >= 15 is 4.39 Å². The standard InChI is InChI=1S/C25H26FN5O2S/c1-6-14-7-10-18(28-13-14)20(32)29-15-8-9-17(26)16(11-15)24(5)19-12-25(19,34-22(27)31-24)21(33)30-23(2,3)4/h1,7-11,13,19H,12H2,2-5H3,(H2,27,31)(H,29,32)(H,30,33)/t19?,24-,25+/m1/s1. The van der Waals surface area contributed by atoms with Crippen molar-refractivity contribution < 1.29 is 14.0 Å². The number of halogens is 1. The summed E-state index contributed by atoms with van der Waals surface area (Å²) in [6, 6.07) is 7.42. The maximum Gasteiger partial charge on any atom is 0.274 e. The van der Waals surface area contributed by atoms with Crippen LogP contribution < -0.4 is 16.4 Å². The molecule has 1 saturated carbocycles. The number of amides is 2. The Morgan fingerprint density at radius 3 is 2.65 bits per heavy atom. The number of aromatic nitrogens is 1. The van der Waals surface area contributed by atoms with Crippen LogP contribution in [0.15, 0.2) is 41.5 Å². The molecule has 4 N–H and O–H groups in total. The summed E-state index contributed by atoms with van der Waals surface area (Å²) in [6.45, 7) is 7.50. The molecule has 0 radical (unpaired) electrons. The van der Waals surface area contributed by atoms with Crippen LogP contribution in [0.3, 0.4) is 0 Å². The van der Waals surface area contributed by atoms with Crippen LogP contribution in [0.25, 0.3) is 0 Å². The highest BCUT2D eigenvalue weighted by Gasteiger charge is 2.70. The van der Waals surface area contributed by atoms with Crippen LogP contribution in [0.2, 0.25) is 0 Å². The number of hydrogen-bond acceptors (Lipinski definition) is 6. The van der Waals surface area contributed by atoms with E-state index in [0.717, 1.165) is 0 Å². The molecule has 0 spiro atoms. The Morgan fingerprint density at radius 2 is 2.03 bits per heavy atom. The largest absolute Gasteiger partial charge is 0.378 e. The number of nitrogens with zero attached hydrogens (tertiary/aromatic N) is 2. The predicted molar refractivity (Wildman–Crippen MR) is 132 cm³/mol. The van der Waals surface area contributed by atoms with Gasteiger partial charge in [0.2, 0.25) is 5.91 Å². The normalized spacial score (nSPS) is 25.4. The molecule has 0 bridgehead atoms. The van der Waals surface area contributed by atoms with Crippen LogP contribution in [-0.2, 0) is 10.3 Å². The third kappa shape index (κ3) is 4.26.